The summed E-state index contributed by atoms with van der Waals surface area (Å²) in [6, 6.07) is 7.44. The van der Waals surface area contributed by atoms with Gasteiger partial charge in [0.25, 0.3) is 0 Å². The molecule has 88 valence electrons. The molecule has 1 heterocycles. The predicted octanol–water partition coefficient (Wildman–Crippen LogP) is 1.61. The molecule has 0 aliphatic heterocycles. The van der Waals surface area contributed by atoms with Gasteiger partial charge in [-0.3, -0.25) is 9.36 Å². The Morgan fingerprint density at radius 2 is 1.94 bits per heavy atom. The van der Waals surface area contributed by atoms with E-state index < -0.39 is 0 Å². The number of nitrogens with one attached hydrogen (secondary N) is 1. The van der Waals surface area contributed by atoms with E-state index in [4.69, 9.17) is 0 Å². The van der Waals surface area contributed by atoms with E-state index in [1.807, 2.05) is 31.2 Å². The summed E-state index contributed by atoms with van der Waals surface area (Å²) in [5.74, 6) is 0.132. The van der Waals surface area contributed by atoms with Crippen molar-refractivity contribution >= 4 is 5.78 Å². The van der Waals surface area contributed by atoms with Crippen LogP contribution < -0.4 is 5.69 Å². The van der Waals surface area contributed by atoms with Gasteiger partial charge in [-0.1, -0.05) is 12.1 Å². The number of carbonyl (C=O) groups excluding carboxylic acids is 1. The first-order valence-corrected chi connectivity index (χ1v) is 5.43. The van der Waals surface area contributed by atoms with E-state index in [-0.39, 0.29) is 11.5 Å². The molecule has 4 heteroatoms. The summed E-state index contributed by atoms with van der Waals surface area (Å²) in [5, 5.41) is 0. The van der Waals surface area contributed by atoms with Gasteiger partial charge in [0.2, 0.25) is 0 Å². The van der Waals surface area contributed by atoms with Crippen LogP contribution in [-0.4, -0.2) is 15.3 Å². The number of aryl methyl sites for hydroxylation is 1. The molecule has 1 aromatic carbocycles. The molecule has 1 aromatic heterocycles. The fourth-order valence-corrected chi connectivity index (χ4v) is 1.83. The van der Waals surface area contributed by atoms with Crippen molar-refractivity contribution in [2.24, 2.45) is 0 Å². The molecule has 0 atom stereocenters. The van der Waals surface area contributed by atoms with Crippen LogP contribution in [-0.2, 0) is 11.2 Å². The number of imidazole rings is 1. The van der Waals surface area contributed by atoms with Gasteiger partial charge in [0.15, 0.2) is 0 Å². The average Bonchev–Trinajstić information content (AvgIpc) is 2.59. The number of nitrogens with zero attached hydrogens (tertiary/aromatic N) is 1. The van der Waals surface area contributed by atoms with Crippen LogP contribution in [0.2, 0.25) is 0 Å². The van der Waals surface area contributed by atoms with Gasteiger partial charge in [0.05, 0.1) is 5.69 Å². The summed E-state index contributed by atoms with van der Waals surface area (Å²) >= 11 is 0. The summed E-state index contributed by atoms with van der Waals surface area (Å²) in [6.07, 6.45) is 2.10. The highest BCUT2D eigenvalue weighted by molar-refractivity contribution is 5.78. The van der Waals surface area contributed by atoms with Gasteiger partial charge >= 0.3 is 5.69 Å². The topological polar surface area (TPSA) is 54.9 Å². The number of carbonyl (C=O) groups is 1. The maximum Gasteiger partial charge on any atom is 0.330 e. The molecule has 17 heavy (non-hydrogen) atoms. The number of aromatic nitrogens is 2. The first-order valence-electron chi connectivity index (χ1n) is 5.43. The van der Waals surface area contributed by atoms with Crippen molar-refractivity contribution in [2.45, 2.75) is 20.3 Å². The van der Waals surface area contributed by atoms with Crippen molar-refractivity contribution in [3.63, 3.8) is 0 Å². The van der Waals surface area contributed by atoms with E-state index >= 15 is 0 Å². The van der Waals surface area contributed by atoms with Crippen molar-refractivity contribution in [1.82, 2.24) is 9.55 Å². The van der Waals surface area contributed by atoms with Gasteiger partial charge in [-0.25, -0.2) is 4.79 Å². The second-order valence-corrected chi connectivity index (χ2v) is 4.12. The Balaban J connectivity index is 2.36. The Labute approximate surface area is 98.9 Å². The zero-order valence-electron chi connectivity index (χ0n) is 9.86. The van der Waals surface area contributed by atoms with E-state index in [9.17, 15) is 9.59 Å². The zero-order chi connectivity index (χ0) is 12.4. The Morgan fingerprint density at radius 3 is 2.41 bits per heavy atom. The predicted molar refractivity (Wildman–Crippen MR) is 65.5 cm³/mol. The van der Waals surface area contributed by atoms with Crippen molar-refractivity contribution in [3.8, 4) is 5.69 Å². The lowest BCUT2D eigenvalue weighted by Gasteiger charge is -2.05. The number of benzene rings is 1. The van der Waals surface area contributed by atoms with Crippen LogP contribution in [0.5, 0.6) is 0 Å². The van der Waals surface area contributed by atoms with Crippen LogP contribution in [0.1, 0.15) is 18.2 Å². The Morgan fingerprint density at radius 1 is 1.29 bits per heavy atom. The third-order valence-electron chi connectivity index (χ3n) is 2.61. The van der Waals surface area contributed by atoms with E-state index in [0.29, 0.717) is 6.42 Å². The van der Waals surface area contributed by atoms with E-state index in [1.165, 1.54) is 0 Å². The molecule has 0 aliphatic rings. The molecule has 0 aliphatic carbocycles. The van der Waals surface area contributed by atoms with Gasteiger partial charge in [-0.2, -0.15) is 0 Å². The quantitative estimate of drug-likeness (QED) is 0.870. The van der Waals surface area contributed by atoms with Gasteiger partial charge in [0, 0.05) is 18.3 Å². The molecule has 2 aromatic rings. The minimum Gasteiger partial charge on any atom is -0.312 e. The van der Waals surface area contributed by atoms with Gasteiger partial charge in [0.1, 0.15) is 5.78 Å². The number of Topliss-reactive ketones (excluding diaryl/α,β-unsaturated/α-hetero) is 1. The molecule has 0 fully saturated rings. The largest absolute Gasteiger partial charge is 0.330 e. The molecule has 4 nitrogen and oxygen atoms in total. The van der Waals surface area contributed by atoms with Crippen LogP contribution in [0.15, 0.2) is 35.3 Å². The van der Waals surface area contributed by atoms with Crippen LogP contribution in [0.25, 0.3) is 5.69 Å². The fraction of sp³-hybridized carbons (Fsp3) is 0.231. The minimum atomic E-state index is -0.151. The third-order valence-corrected chi connectivity index (χ3v) is 2.61. The smallest absolute Gasteiger partial charge is 0.312 e. The Hall–Kier alpha value is -2.10. The van der Waals surface area contributed by atoms with Crippen LogP contribution >= 0.6 is 0 Å². The Kier molecular flexibility index (Phi) is 2.95. The molecule has 0 radical (unpaired) electrons. The van der Waals surface area contributed by atoms with E-state index in [2.05, 4.69) is 4.98 Å². The number of rotatable bonds is 3. The first-order chi connectivity index (χ1) is 8.08. The second-order valence-electron chi connectivity index (χ2n) is 4.12. The SMILES string of the molecule is CC(=O)Cc1ccc(-n2c(C)c[nH]c2=O)cc1. The molecule has 0 bridgehead atoms. The highest BCUT2D eigenvalue weighted by Crippen LogP contribution is 2.10. The zero-order valence-corrected chi connectivity index (χ0v) is 9.86. The normalized spacial score (nSPS) is 10.5. The molecular weight excluding hydrogens is 216 g/mol. The monoisotopic (exact) mass is 230 g/mol. The summed E-state index contributed by atoms with van der Waals surface area (Å²) < 4.78 is 1.59. The minimum absolute atomic E-state index is 0.132. The standard InChI is InChI=1S/C13H14N2O2/c1-9-8-14-13(17)15(9)12-5-3-11(4-6-12)7-10(2)16/h3-6,8H,7H2,1-2H3,(H,14,17). The van der Waals surface area contributed by atoms with Crippen molar-refractivity contribution in [1.29, 1.82) is 0 Å². The third kappa shape index (κ3) is 2.36. The molecule has 0 spiro atoms. The number of H-pyrrole nitrogens is 1. The molecule has 0 saturated heterocycles. The van der Waals surface area contributed by atoms with Crippen LogP contribution in [0.4, 0.5) is 0 Å². The molecular formula is C13H14N2O2. The van der Waals surface area contributed by atoms with Gasteiger partial charge in [-0.05, 0) is 31.5 Å². The summed E-state index contributed by atoms with van der Waals surface area (Å²) in [5.41, 5.74) is 2.47. The van der Waals surface area contributed by atoms with Crippen LogP contribution in [0, 0.1) is 6.92 Å². The second kappa shape index (κ2) is 4.41. The number of hydrogen-bond acceptors (Lipinski definition) is 2. The van der Waals surface area contributed by atoms with Crippen molar-refractivity contribution in [2.75, 3.05) is 0 Å². The number of aromatic amines is 1. The van der Waals surface area contributed by atoms with Gasteiger partial charge in [-0.15, -0.1) is 0 Å². The fourth-order valence-electron chi connectivity index (χ4n) is 1.83. The highest BCUT2D eigenvalue weighted by Gasteiger charge is 2.04. The average molecular weight is 230 g/mol. The maximum absolute atomic E-state index is 11.6. The number of ketones is 1. The molecule has 1 N–H and O–H groups in total. The number of hydrogen-bond donors (Lipinski definition) is 1. The Bertz CT molecular complexity index is 591. The molecule has 0 unspecified atom stereocenters. The first kappa shape index (κ1) is 11.4. The summed E-state index contributed by atoms with van der Waals surface area (Å²) in [4.78, 5) is 25.2. The summed E-state index contributed by atoms with van der Waals surface area (Å²) in [6.45, 7) is 3.43. The molecule has 2 rings (SSSR count). The highest BCUT2D eigenvalue weighted by atomic mass is 16.1. The summed E-state index contributed by atoms with van der Waals surface area (Å²) in [7, 11) is 0. The van der Waals surface area contributed by atoms with Crippen molar-refractivity contribution in [3.05, 3.63) is 52.2 Å². The maximum atomic E-state index is 11.6. The lowest BCUT2D eigenvalue weighted by molar-refractivity contribution is -0.116. The lowest BCUT2D eigenvalue weighted by Crippen LogP contribution is -2.15. The van der Waals surface area contributed by atoms with E-state index in [1.54, 1.807) is 17.7 Å². The molecule has 0 amide bonds. The lowest BCUT2D eigenvalue weighted by atomic mass is 10.1. The van der Waals surface area contributed by atoms with Gasteiger partial charge < -0.3 is 4.98 Å². The van der Waals surface area contributed by atoms with Crippen molar-refractivity contribution < 1.29 is 4.79 Å². The van der Waals surface area contributed by atoms with Crippen LogP contribution in [0.3, 0.4) is 0 Å². The van der Waals surface area contributed by atoms with E-state index in [0.717, 1.165) is 16.9 Å². The molecule has 0 saturated carbocycles.